The lowest BCUT2D eigenvalue weighted by molar-refractivity contribution is -0.133. The van der Waals surface area contributed by atoms with Crippen molar-refractivity contribution in [1.29, 1.82) is 0 Å². The molecule has 0 saturated carbocycles. The Kier molecular flexibility index (Phi) is 5.85. The van der Waals surface area contributed by atoms with Crippen molar-refractivity contribution in [2.24, 2.45) is 0 Å². The number of benzene rings is 2. The highest BCUT2D eigenvalue weighted by atomic mass is 32.1. The largest absolute Gasteiger partial charge is 0.494 e. The molecule has 0 atom stereocenters. The molecule has 2 aromatic carbocycles. The fourth-order valence-corrected chi connectivity index (χ4v) is 4.43. The summed E-state index contributed by atoms with van der Waals surface area (Å²) in [6, 6.07) is 13.8. The van der Waals surface area contributed by atoms with Gasteiger partial charge in [0.05, 0.1) is 16.8 Å². The van der Waals surface area contributed by atoms with Crippen LogP contribution in [-0.4, -0.2) is 55.2 Å². The number of rotatable bonds is 6. The molecule has 1 aromatic heterocycles. The number of aryl methyl sites for hydroxylation is 1. The van der Waals surface area contributed by atoms with Gasteiger partial charge in [-0.3, -0.25) is 4.79 Å². The third-order valence-electron chi connectivity index (χ3n) is 5.01. The number of piperazine rings is 1. The Labute approximate surface area is 174 Å². The Morgan fingerprint density at radius 2 is 1.90 bits per heavy atom. The van der Waals surface area contributed by atoms with E-state index in [0.717, 1.165) is 45.5 Å². The lowest BCUT2D eigenvalue weighted by Crippen LogP contribution is -2.50. The third-order valence-corrected chi connectivity index (χ3v) is 6.09. The molecule has 0 radical (unpaired) electrons. The lowest BCUT2D eigenvalue weighted by atomic mass is 10.2. The van der Waals surface area contributed by atoms with Gasteiger partial charge in [0.15, 0.2) is 11.7 Å². The summed E-state index contributed by atoms with van der Waals surface area (Å²) in [4.78, 5) is 21.4. The summed E-state index contributed by atoms with van der Waals surface area (Å²) in [5.41, 5.74) is 2.02. The molecule has 2 heterocycles. The van der Waals surface area contributed by atoms with Crippen LogP contribution in [0.1, 0.15) is 12.5 Å². The van der Waals surface area contributed by atoms with Gasteiger partial charge in [0.1, 0.15) is 11.5 Å². The SMILES string of the molecule is CCOc1ccc2nc(N3CCN(C(=O)COc4ccccc4C)CC3)sc2c1. The maximum Gasteiger partial charge on any atom is 0.260 e. The molecule has 3 aromatic rings. The van der Waals surface area contributed by atoms with Crippen LogP contribution in [0.4, 0.5) is 5.13 Å². The molecular formula is C22H25N3O3S. The van der Waals surface area contributed by atoms with Gasteiger partial charge in [0.2, 0.25) is 0 Å². The van der Waals surface area contributed by atoms with Gasteiger partial charge in [-0.15, -0.1) is 0 Å². The molecule has 1 fully saturated rings. The predicted molar refractivity (Wildman–Crippen MR) is 116 cm³/mol. The number of nitrogens with zero attached hydrogens (tertiary/aromatic N) is 3. The minimum atomic E-state index is 0.0264. The van der Waals surface area contributed by atoms with Crippen LogP contribution in [0.5, 0.6) is 11.5 Å². The number of fused-ring (bicyclic) bond motifs is 1. The number of anilines is 1. The highest BCUT2D eigenvalue weighted by Crippen LogP contribution is 2.32. The minimum Gasteiger partial charge on any atom is -0.494 e. The summed E-state index contributed by atoms with van der Waals surface area (Å²) in [6.45, 7) is 7.59. The van der Waals surface area contributed by atoms with E-state index in [4.69, 9.17) is 14.5 Å². The first-order chi connectivity index (χ1) is 14.1. The van der Waals surface area contributed by atoms with Crippen molar-refractivity contribution >= 4 is 32.6 Å². The number of thiazole rings is 1. The third kappa shape index (κ3) is 4.45. The van der Waals surface area contributed by atoms with Gasteiger partial charge in [-0.2, -0.15) is 0 Å². The van der Waals surface area contributed by atoms with Crippen molar-refractivity contribution in [3.8, 4) is 11.5 Å². The molecule has 0 bridgehead atoms. The van der Waals surface area contributed by atoms with E-state index in [1.54, 1.807) is 11.3 Å². The molecule has 1 aliphatic heterocycles. The molecule has 29 heavy (non-hydrogen) atoms. The van der Waals surface area contributed by atoms with Crippen LogP contribution in [0.15, 0.2) is 42.5 Å². The minimum absolute atomic E-state index is 0.0264. The summed E-state index contributed by atoms with van der Waals surface area (Å²) in [5.74, 6) is 1.67. The first kappa shape index (κ1) is 19.5. The molecule has 0 spiro atoms. The van der Waals surface area contributed by atoms with Crippen LogP contribution < -0.4 is 14.4 Å². The molecule has 0 N–H and O–H groups in total. The average Bonchev–Trinajstić information content (AvgIpc) is 3.17. The van der Waals surface area contributed by atoms with Gasteiger partial charge in [-0.25, -0.2) is 4.98 Å². The number of ether oxygens (including phenoxy) is 2. The number of carbonyl (C=O) groups is 1. The summed E-state index contributed by atoms with van der Waals surface area (Å²) < 4.78 is 12.4. The van der Waals surface area contributed by atoms with Gasteiger partial charge in [0.25, 0.3) is 5.91 Å². The Morgan fingerprint density at radius 3 is 2.66 bits per heavy atom. The summed E-state index contributed by atoms with van der Waals surface area (Å²) in [6.07, 6.45) is 0. The van der Waals surface area contributed by atoms with Crippen molar-refractivity contribution in [2.75, 3.05) is 44.3 Å². The lowest BCUT2D eigenvalue weighted by Gasteiger charge is -2.34. The van der Waals surface area contributed by atoms with E-state index in [2.05, 4.69) is 4.90 Å². The average molecular weight is 412 g/mol. The zero-order chi connectivity index (χ0) is 20.2. The maximum absolute atomic E-state index is 12.5. The van der Waals surface area contributed by atoms with Crippen molar-refractivity contribution in [1.82, 2.24) is 9.88 Å². The standard InChI is InChI=1S/C22H25N3O3S/c1-3-27-17-8-9-18-20(14-17)29-22(23-18)25-12-10-24(11-13-25)21(26)15-28-19-7-5-4-6-16(19)2/h4-9,14H,3,10-13,15H2,1-2H3. The number of hydrogen-bond donors (Lipinski definition) is 0. The molecule has 1 saturated heterocycles. The summed E-state index contributed by atoms with van der Waals surface area (Å²) in [7, 11) is 0. The second kappa shape index (κ2) is 8.69. The van der Waals surface area contributed by atoms with Crippen LogP contribution in [0.2, 0.25) is 0 Å². The van der Waals surface area contributed by atoms with Crippen LogP contribution in [0, 0.1) is 6.92 Å². The first-order valence-electron chi connectivity index (χ1n) is 9.88. The number of hydrogen-bond acceptors (Lipinski definition) is 6. The number of amides is 1. The molecule has 1 amide bonds. The molecular weight excluding hydrogens is 386 g/mol. The van der Waals surface area contributed by atoms with Gasteiger partial charge < -0.3 is 19.3 Å². The van der Waals surface area contributed by atoms with Crippen molar-refractivity contribution in [2.45, 2.75) is 13.8 Å². The van der Waals surface area contributed by atoms with Gasteiger partial charge in [-0.05, 0) is 43.7 Å². The zero-order valence-corrected chi connectivity index (χ0v) is 17.6. The van der Waals surface area contributed by atoms with Crippen molar-refractivity contribution in [3.05, 3.63) is 48.0 Å². The van der Waals surface area contributed by atoms with E-state index in [1.807, 2.05) is 61.2 Å². The van der Waals surface area contributed by atoms with E-state index in [0.29, 0.717) is 19.7 Å². The topological polar surface area (TPSA) is 54.9 Å². The predicted octanol–water partition coefficient (Wildman–Crippen LogP) is 3.73. The molecule has 0 unspecified atom stereocenters. The summed E-state index contributed by atoms with van der Waals surface area (Å²) >= 11 is 1.67. The zero-order valence-electron chi connectivity index (χ0n) is 16.8. The molecule has 7 heteroatoms. The molecule has 6 nitrogen and oxygen atoms in total. The van der Waals surface area contributed by atoms with Crippen LogP contribution in [0.3, 0.4) is 0 Å². The normalized spacial score (nSPS) is 14.3. The smallest absolute Gasteiger partial charge is 0.260 e. The molecule has 4 rings (SSSR count). The number of carbonyl (C=O) groups excluding carboxylic acids is 1. The Morgan fingerprint density at radius 1 is 1.10 bits per heavy atom. The van der Waals surface area contributed by atoms with E-state index in [1.165, 1.54) is 0 Å². The highest BCUT2D eigenvalue weighted by molar-refractivity contribution is 7.22. The second-order valence-electron chi connectivity index (χ2n) is 6.98. The monoisotopic (exact) mass is 411 g/mol. The Balaban J connectivity index is 1.33. The van der Waals surface area contributed by atoms with E-state index in [9.17, 15) is 4.79 Å². The second-order valence-corrected chi connectivity index (χ2v) is 7.99. The van der Waals surface area contributed by atoms with Crippen molar-refractivity contribution < 1.29 is 14.3 Å². The Bertz CT molecular complexity index is 996. The maximum atomic E-state index is 12.5. The highest BCUT2D eigenvalue weighted by Gasteiger charge is 2.23. The fourth-order valence-electron chi connectivity index (χ4n) is 3.38. The molecule has 0 aliphatic carbocycles. The van der Waals surface area contributed by atoms with Gasteiger partial charge in [0, 0.05) is 26.2 Å². The molecule has 152 valence electrons. The van der Waals surface area contributed by atoms with Gasteiger partial charge >= 0.3 is 0 Å². The van der Waals surface area contributed by atoms with E-state index >= 15 is 0 Å². The number of aromatic nitrogens is 1. The first-order valence-corrected chi connectivity index (χ1v) is 10.7. The quantitative estimate of drug-likeness (QED) is 0.619. The fraction of sp³-hybridized carbons (Fsp3) is 0.364. The van der Waals surface area contributed by atoms with Crippen LogP contribution >= 0.6 is 11.3 Å². The molecule has 1 aliphatic rings. The van der Waals surface area contributed by atoms with Crippen LogP contribution in [-0.2, 0) is 4.79 Å². The van der Waals surface area contributed by atoms with Gasteiger partial charge in [-0.1, -0.05) is 29.5 Å². The van der Waals surface area contributed by atoms with Crippen LogP contribution in [0.25, 0.3) is 10.2 Å². The van der Waals surface area contributed by atoms with Crippen molar-refractivity contribution in [3.63, 3.8) is 0 Å². The Hall–Kier alpha value is -2.80. The summed E-state index contributed by atoms with van der Waals surface area (Å²) in [5, 5.41) is 0.997. The van der Waals surface area contributed by atoms with E-state index in [-0.39, 0.29) is 12.5 Å². The van der Waals surface area contributed by atoms with E-state index < -0.39 is 0 Å². The number of para-hydroxylation sites is 1.